The number of amides is 2. The zero-order chi connectivity index (χ0) is 14.8. The number of aliphatic carboxylic acids is 1. The van der Waals surface area contributed by atoms with E-state index in [1.807, 2.05) is 0 Å². The van der Waals surface area contributed by atoms with Crippen molar-refractivity contribution in [3.63, 3.8) is 0 Å². The zero-order valence-corrected chi connectivity index (χ0v) is 12.6. The van der Waals surface area contributed by atoms with E-state index in [0.717, 1.165) is 31.4 Å². The van der Waals surface area contributed by atoms with Gasteiger partial charge in [0.1, 0.15) is 0 Å². The molecule has 1 aromatic rings. The maximum atomic E-state index is 12.2. The van der Waals surface area contributed by atoms with Crippen molar-refractivity contribution in [3.8, 4) is 0 Å². The number of nitrogens with one attached hydrogen (secondary N) is 1. The molecular formula is C14H19N3O3S. The number of carbonyl (C=O) groups excluding carboxylic acids is 1. The maximum Gasteiger partial charge on any atom is 0.323 e. The van der Waals surface area contributed by atoms with Crippen LogP contribution in [0.4, 0.5) is 9.93 Å². The Morgan fingerprint density at radius 3 is 2.86 bits per heavy atom. The first kappa shape index (κ1) is 14.3. The van der Waals surface area contributed by atoms with E-state index in [2.05, 4.69) is 10.3 Å². The number of piperidine rings is 1. The van der Waals surface area contributed by atoms with Gasteiger partial charge in [0.2, 0.25) is 0 Å². The van der Waals surface area contributed by atoms with Gasteiger partial charge in [0.05, 0.1) is 11.6 Å². The molecule has 1 aliphatic carbocycles. The summed E-state index contributed by atoms with van der Waals surface area (Å²) in [6, 6.07) is -0.230. The third-order valence-electron chi connectivity index (χ3n) is 4.12. The molecule has 0 aromatic carbocycles. The van der Waals surface area contributed by atoms with Crippen molar-refractivity contribution >= 4 is 28.5 Å². The number of aromatic nitrogens is 1. The summed E-state index contributed by atoms with van der Waals surface area (Å²) in [6.45, 7) is 0.896. The van der Waals surface area contributed by atoms with Gasteiger partial charge in [-0.2, -0.15) is 0 Å². The number of urea groups is 1. The van der Waals surface area contributed by atoms with Crippen molar-refractivity contribution < 1.29 is 14.7 Å². The number of thiazole rings is 1. The largest absolute Gasteiger partial charge is 0.481 e. The smallest absolute Gasteiger partial charge is 0.323 e. The van der Waals surface area contributed by atoms with E-state index in [1.54, 1.807) is 16.2 Å². The number of rotatable bonds is 2. The normalized spacial score (nSPS) is 21.7. The molecule has 1 aliphatic heterocycles. The molecule has 0 bridgehead atoms. The number of aryl methyl sites for hydroxylation is 2. The highest BCUT2D eigenvalue weighted by molar-refractivity contribution is 7.15. The summed E-state index contributed by atoms with van der Waals surface area (Å²) < 4.78 is 0. The van der Waals surface area contributed by atoms with E-state index in [0.29, 0.717) is 18.1 Å². The molecule has 0 spiro atoms. The Bertz CT molecular complexity index is 534. The molecule has 1 fully saturated rings. The second-order valence-corrected chi connectivity index (χ2v) is 6.73. The number of likely N-dealkylation sites (tertiary alicyclic amines) is 1. The lowest BCUT2D eigenvalue weighted by molar-refractivity contribution is -0.143. The highest BCUT2D eigenvalue weighted by Gasteiger charge is 2.28. The predicted octanol–water partition coefficient (Wildman–Crippen LogP) is 2.35. The van der Waals surface area contributed by atoms with Crippen LogP contribution in [-0.2, 0) is 17.6 Å². The minimum atomic E-state index is -0.822. The molecule has 7 heteroatoms. The van der Waals surface area contributed by atoms with Crippen LogP contribution in [0.3, 0.4) is 0 Å². The van der Waals surface area contributed by atoms with E-state index < -0.39 is 11.9 Å². The van der Waals surface area contributed by atoms with Gasteiger partial charge in [-0.1, -0.05) is 0 Å². The van der Waals surface area contributed by atoms with Gasteiger partial charge in [0.25, 0.3) is 0 Å². The summed E-state index contributed by atoms with van der Waals surface area (Å²) >= 11 is 1.55. The fourth-order valence-corrected chi connectivity index (χ4v) is 3.98. The van der Waals surface area contributed by atoms with Crippen molar-refractivity contribution in [1.82, 2.24) is 9.88 Å². The lowest BCUT2D eigenvalue weighted by Gasteiger charge is -2.30. The predicted molar refractivity (Wildman–Crippen MR) is 79.7 cm³/mol. The minimum absolute atomic E-state index is 0.230. The second-order valence-electron chi connectivity index (χ2n) is 5.65. The lowest BCUT2D eigenvalue weighted by Crippen LogP contribution is -2.44. The fraction of sp³-hybridized carbons (Fsp3) is 0.643. The van der Waals surface area contributed by atoms with Crippen LogP contribution in [0.1, 0.15) is 36.3 Å². The lowest BCUT2D eigenvalue weighted by atomic mass is 9.99. The van der Waals surface area contributed by atoms with E-state index in [-0.39, 0.29) is 12.6 Å². The monoisotopic (exact) mass is 309 g/mol. The molecule has 2 N–H and O–H groups in total. The molecule has 21 heavy (non-hydrogen) atoms. The SMILES string of the molecule is O=C(O)[C@H]1CCCN(C(=O)Nc2nc3c(s2)CCCC3)C1. The van der Waals surface area contributed by atoms with Crippen LogP contribution in [0.5, 0.6) is 0 Å². The number of fused-ring (bicyclic) bond motifs is 1. The van der Waals surface area contributed by atoms with Crippen molar-refractivity contribution in [2.75, 3.05) is 18.4 Å². The molecule has 2 amide bonds. The number of anilines is 1. The van der Waals surface area contributed by atoms with Crippen LogP contribution in [0, 0.1) is 5.92 Å². The summed E-state index contributed by atoms with van der Waals surface area (Å²) in [4.78, 5) is 30.6. The molecule has 1 aromatic heterocycles. The van der Waals surface area contributed by atoms with E-state index in [4.69, 9.17) is 5.11 Å². The number of carbonyl (C=O) groups is 2. The van der Waals surface area contributed by atoms with Crippen LogP contribution in [0.2, 0.25) is 0 Å². The van der Waals surface area contributed by atoms with E-state index in [1.165, 1.54) is 11.3 Å². The standard InChI is InChI=1S/C14H19N3O3S/c18-12(19)9-4-3-7-17(8-9)14(20)16-13-15-10-5-1-2-6-11(10)21-13/h9H,1-8H2,(H,18,19)(H,15,16,20)/t9-/m0/s1. The third kappa shape index (κ3) is 3.18. The summed E-state index contributed by atoms with van der Waals surface area (Å²) in [7, 11) is 0. The summed E-state index contributed by atoms with van der Waals surface area (Å²) in [5, 5.41) is 12.5. The van der Waals surface area contributed by atoms with Crippen LogP contribution in [0.25, 0.3) is 0 Å². The molecule has 1 atom stereocenters. The van der Waals surface area contributed by atoms with Crippen LogP contribution in [-0.4, -0.2) is 40.1 Å². The van der Waals surface area contributed by atoms with Crippen molar-refractivity contribution in [2.24, 2.45) is 5.92 Å². The fourth-order valence-electron chi connectivity index (χ4n) is 2.94. The number of hydrogen-bond acceptors (Lipinski definition) is 4. The Morgan fingerprint density at radius 2 is 2.10 bits per heavy atom. The second kappa shape index (κ2) is 6.01. The molecular weight excluding hydrogens is 290 g/mol. The van der Waals surface area contributed by atoms with Gasteiger partial charge in [-0.05, 0) is 38.5 Å². The molecule has 0 saturated carbocycles. The highest BCUT2D eigenvalue weighted by atomic mass is 32.1. The molecule has 0 unspecified atom stereocenters. The number of nitrogens with zero attached hydrogens (tertiary/aromatic N) is 2. The Balaban J connectivity index is 1.63. The van der Waals surface area contributed by atoms with Gasteiger partial charge in [0.15, 0.2) is 5.13 Å². The summed E-state index contributed by atoms with van der Waals surface area (Å²) in [5.74, 6) is -1.27. The van der Waals surface area contributed by atoms with E-state index in [9.17, 15) is 9.59 Å². The number of carboxylic acids is 1. The Hall–Kier alpha value is -1.63. The number of hydrogen-bond donors (Lipinski definition) is 2. The average Bonchev–Trinajstić information content (AvgIpc) is 2.89. The first-order valence-corrected chi connectivity index (χ1v) is 8.22. The molecule has 3 rings (SSSR count). The van der Waals surface area contributed by atoms with Crippen LogP contribution in [0.15, 0.2) is 0 Å². The van der Waals surface area contributed by atoms with Gasteiger partial charge in [-0.15, -0.1) is 11.3 Å². The van der Waals surface area contributed by atoms with Crippen LogP contribution < -0.4 is 5.32 Å². The molecule has 2 aliphatic rings. The zero-order valence-electron chi connectivity index (χ0n) is 11.8. The first-order chi connectivity index (χ1) is 10.1. The molecule has 1 saturated heterocycles. The van der Waals surface area contributed by atoms with Gasteiger partial charge < -0.3 is 10.0 Å². The summed E-state index contributed by atoms with van der Waals surface area (Å²) in [6.07, 6.45) is 5.77. The summed E-state index contributed by atoms with van der Waals surface area (Å²) in [5.41, 5.74) is 1.11. The van der Waals surface area contributed by atoms with Crippen molar-refractivity contribution in [2.45, 2.75) is 38.5 Å². The molecule has 2 heterocycles. The average molecular weight is 309 g/mol. The first-order valence-electron chi connectivity index (χ1n) is 7.41. The third-order valence-corrected chi connectivity index (χ3v) is 5.19. The van der Waals surface area contributed by atoms with Gasteiger partial charge in [-0.3, -0.25) is 10.1 Å². The Kier molecular flexibility index (Phi) is 4.10. The van der Waals surface area contributed by atoms with Gasteiger partial charge >= 0.3 is 12.0 Å². The molecule has 6 nitrogen and oxygen atoms in total. The minimum Gasteiger partial charge on any atom is -0.481 e. The molecule has 114 valence electrons. The van der Waals surface area contributed by atoms with Crippen LogP contribution >= 0.6 is 11.3 Å². The highest BCUT2D eigenvalue weighted by Crippen LogP contribution is 2.30. The van der Waals surface area contributed by atoms with Crippen molar-refractivity contribution in [3.05, 3.63) is 10.6 Å². The molecule has 0 radical (unpaired) electrons. The number of carboxylic acid groups (broad SMARTS) is 1. The Morgan fingerprint density at radius 1 is 1.29 bits per heavy atom. The Labute approximate surface area is 127 Å². The topological polar surface area (TPSA) is 82.5 Å². The van der Waals surface area contributed by atoms with Gasteiger partial charge in [-0.25, -0.2) is 9.78 Å². The maximum absolute atomic E-state index is 12.2. The van der Waals surface area contributed by atoms with Gasteiger partial charge in [0, 0.05) is 18.0 Å². The van der Waals surface area contributed by atoms with E-state index >= 15 is 0 Å². The van der Waals surface area contributed by atoms with Crippen molar-refractivity contribution in [1.29, 1.82) is 0 Å². The quantitative estimate of drug-likeness (QED) is 0.878.